The molecule has 1 saturated heterocycles. The fraction of sp³-hybridized carbons (Fsp3) is 0.405. The first kappa shape index (κ1) is 34.3. The predicted octanol–water partition coefficient (Wildman–Crippen LogP) is 7.26. The molecule has 0 spiro atoms. The number of carbonyl (C=O) groups is 1. The van der Waals surface area contributed by atoms with Crippen LogP contribution in [-0.4, -0.2) is 73.4 Å². The van der Waals surface area contributed by atoms with E-state index >= 15 is 0 Å². The molecule has 13 heteroatoms. The quantitative estimate of drug-likeness (QED) is 0.183. The Morgan fingerprint density at radius 3 is 2.36 bits per heavy atom. The lowest BCUT2D eigenvalue weighted by Crippen LogP contribution is -2.43. The van der Waals surface area contributed by atoms with Crippen LogP contribution in [0.1, 0.15) is 68.1 Å². The van der Waals surface area contributed by atoms with E-state index in [-0.39, 0.29) is 23.6 Å². The van der Waals surface area contributed by atoms with Gasteiger partial charge in [0.1, 0.15) is 17.7 Å². The molecule has 2 atom stereocenters. The van der Waals surface area contributed by atoms with Crippen molar-refractivity contribution in [2.75, 3.05) is 38.5 Å². The molecule has 4 heterocycles. The van der Waals surface area contributed by atoms with Crippen molar-refractivity contribution in [2.24, 2.45) is 7.05 Å². The van der Waals surface area contributed by atoms with Crippen molar-refractivity contribution in [2.45, 2.75) is 57.7 Å². The summed E-state index contributed by atoms with van der Waals surface area (Å²) in [5.74, 6) is 1.85. The Morgan fingerprint density at radius 1 is 0.940 bits per heavy atom. The normalized spacial score (nSPS) is 18.6. The molecule has 3 aromatic heterocycles. The van der Waals surface area contributed by atoms with Gasteiger partial charge in [0.05, 0.1) is 33.5 Å². The largest absolute Gasteiger partial charge is 0.484 e. The van der Waals surface area contributed by atoms with E-state index in [1.54, 1.807) is 4.68 Å². The highest BCUT2D eigenvalue weighted by Crippen LogP contribution is 2.40. The van der Waals surface area contributed by atoms with Gasteiger partial charge >= 0.3 is 6.03 Å². The Hall–Kier alpha value is -4.16. The zero-order chi connectivity index (χ0) is 35.2. The number of aryl methyl sites for hydroxylation is 1. The number of amides is 2. The van der Waals surface area contributed by atoms with Crippen LogP contribution in [0.4, 0.5) is 10.6 Å². The molecule has 0 saturated carbocycles. The SMILES string of the molecule is CN1CCN(Cc2cc(Cl)c(-c3nnc4ccc(O[C@@H]5CC[C@H](NC(=O)Nc6cc(C(C)(C)C)nn6C)c6ccccc65)cn34)c(Cl)c2)CC1. The summed E-state index contributed by atoms with van der Waals surface area (Å²) in [4.78, 5) is 17.9. The van der Waals surface area contributed by atoms with Crippen molar-refractivity contribution in [3.05, 3.63) is 93.2 Å². The molecule has 2 N–H and O–H groups in total. The number of carbonyl (C=O) groups excluding carboxylic acids is 1. The lowest BCUT2D eigenvalue weighted by atomic mass is 9.85. The molecule has 1 fully saturated rings. The van der Waals surface area contributed by atoms with Crippen molar-refractivity contribution in [3.63, 3.8) is 0 Å². The fourth-order valence-corrected chi connectivity index (χ4v) is 7.46. The molecule has 2 amide bonds. The maximum atomic E-state index is 13.2. The molecule has 0 unspecified atom stereocenters. The number of anilines is 1. The Kier molecular flexibility index (Phi) is 9.51. The molecule has 262 valence electrons. The van der Waals surface area contributed by atoms with Crippen LogP contribution in [0.3, 0.4) is 0 Å². The zero-order valence-corrected chi connectivity index (χ0v) is 30.6. The number of aromatic nitrogens is 5. The van der Waals surface area contributed by atoms with E-state index in [1.807, 2.05) is 60.1 Å². The molecule has 11 nitrogen and oxygen atoms in total. The molecule has 50 heavy (non-hydrogen) atoms. The van der Waals surface area contributed by atoms with Gasteiger partial charge in [0, 0.05) is 51.3 Å². The van der Waals surface area contributed by atoms with E-state index in [9.17, 15) is 4.79 Å². The first-order chi connectivity index (χ1) is 23.9. The maximum absolute atomic E-state index is 13.2. The summed E-state index contributed by atoms with van der Waals surface area (Å²) < 4.78 is 10.2. The van der Waals surface area contributed by atoms with Crippen LogP contribution in [0.5, 0.6) is 5.75 Å². The van der Waals surface area contributed by atoms with Crippen LogP contribution in [0.15, 0.2) is 60.8 Å². The average molecular weight is 717 g/mol. The average Bonchev–Trinajstić information content (AvgIpc) is 3.66. The highest BCUT2D eigenvalue weighted by atomic mass is 35.5. The molecule has 1 aliphatic heterocycles. The van der Waals surface area contributed by atoms with Crippen LogP contribution >= 0.6 is 23.2 Å². The minimum absolute atomic E-state index is 0.123. The highest BCUT2D eigenvalue weighted by molar-refractivity contribution is 6.39. The Bertz CT molecular complexity index is 2000. The highest BCUT2D eigenvalue weighted by Gasteiger charge is 2.30. The molecular formula is C37H43Cl2N9O2. The lowest BCUT2D eigenvalue weighted by Gasteiger charge is -2.32. The predicted molar refractivity (Wildman–Crippen MR) is 197 cm³/mol. The van der Waals surface area contributed by atoms with E-state index in [4.69, 9.17) is 27.9 Å². The van der Waals surface area contributed by atoms with Crippen molar-refractivity contribution in [1.82, 2.24) is 39.5 Å². The number of nitrogens with zero attached hydrogens (tertiary/aromatic N) is 7. The third-order valence-electron chi connectivity index (χ3n) is 9.61. The van der Waals surface area contributed by atoms with Crippen molar-refractivity contribution in [3.8, 4) is 17.1 Å². The van der Waals surface area contributed by atoms with Gasteiger partial charge in [-0.25, -0.2) is 4.79 Å². The van der Waals surface area contributed by atoms with Crippen molar-refractivity contribution >= 4 is 40.7 Å². The second-order valence-corrected chi connectivity index (χ2v) is 15.2. The van der Waals surface area contributed by atoms with Gasteiger partial charge in [-0.05, 0) is 60.8 Å². The van der Waals surface area contributed by atoms with E-state index in [2.05, 4.69) is 75.7 Å². The van der Waals surface area contributed by atoms with Gasteiger partial charge in [0.2, 0.25) is 0 Å². The van der Waals surface area contributed by atoms with Crippen LogP contribution in [0.25, 0.3) is 17.0 Å². The number of likely N-dealkylation sites (N-methyl/N-ethyl adjacent to an activating group) is 1. The van der Waals surface area contributed by atoms with Gasteiger partial charge in [0.15, 0.2) is 11.5 Å². The number of ether oxygens (including phenoxy) is 1. The fourth-order valence-electron chi connectivity index (χ4n) is 6.75. The third kappa shape index (κ3) is 7.18. The van der Waals surface area contributed by atoms with Crippen molar-refractivity contribution in [1.29, 1.82) is 0 Å². The van der Waals surface area contributed by atoms with E-state index in [0.29, 0.717) is 51.5 Å². The number of benzene rings is 2. The summed E-state index contributed by atoms with van der Waals surface area (Å²) in [6, 6.07) is 17.3. The minimum Gasteiger partial charge on any atom is -0.484 e. The van der Waals surface area contributed by atoms with Crippen LogP contribution < -0.4 is 15.4 Å². The first-order valence-corrected chi connectivity index (χ1v) is 17.8. The van der Waals surface area contributed by atoms with Crippen LogP contribution in [-0.2, 0) is 19.0 Å². The van der Waals surface area contributed by atoms with Gasteiger partial charge in [0.25, 0.3) is 0 Å². The van der Waals surface area contributed by atoms with Gasteiger partial charge < -0.3 is 15.0 Å². The molecular weight excluding hydrogens is 673 g/mol. The van der Waals surface area contributed by atoms with Crippen molar-refractivity contribution < 1.29 is 9.53 Å². The second-order valence-electron chi connectivity index (χ2n) is 14.4. The Labute approximate surface area is 302 Å². The topological polar surface area (TPSA) is 105 Å². The van der Waals surface area contributed by atoms with Crippen LogP contribution in [0.2, 0.25) is 10.0 Å². The molecule has 2 aromatic carbocycles. The maximum Gasteiger partial charge on any atom is 0.320 e. The number of rotatable bonds is 7. The van der Waals surface area contributed by atoms with Gasteiger partial charge in [-0.2, -0.15) is 5.10 Å². The molecule has 0 radical (unpaired) electrons. The van der Waals surface area contributed by atoms with Gasteiger partial charge in [-0.1, -0.05) is 68.2 Å². The number of hydrogen-bond acceptors (Lipinski definition) is 7. The summed E-state index contributed by atoms with van der Waals surface area (Å²) in [5, 5.41) is 20.6. The molecule has 1 aliphatic carbocycles. The van der Waals surface area contributed by atoms with E-state index in [0.717, 1.165) is 55.1 Å². The smallest absolute Gasteiger partial charge is 0.320 e. The zero-order valence-electron chi connectivity index (χ0n) is 29.1. The number of piperazine rings is 1. The number of fused-ring (bicyclic) bond motifs is 2. The monoisotopic (exact) mass is 715 g/mol. The van der Waals surface area contributed by atoms with Gasteiger partial charge in [-0.15, -0.1) is 10.2 Å². The standard InChI is InChI=1S/C37H43Cl2N9O2/c1-37(2,3)31-20-33(46(5)44-31)41-36(49)40-29-11-12-30(26-9-7-6-8-25(26)29)50-24-10-13-32-42-43-35(48(32)22-24)34-27(38)18-23(19-28(34)39)21-47-16-14-45(4)15-17-47/h6-10,13,18-20,22,29-30H,11-12,14-17,21H2,1-5H3,(H2,40,41,49)/t29-,30+/m0/s1. The van der Waals surface area contributed by atoms with E-state index in [1.165, 1.54) is 0 Å². The van der Waals surface area contributed by atoms with Gasteiger partial charge in [-0.3, -0.25) is 19.3 Å². The molecule has 5 aromatic rings. The summed E-state index contributed by atoms with van der Waals surface area (Å²) in [6.07, 6.45) is 3.09. The number of halogens is 2. The summed E-state index contributed by atoms with van der Waals surface area (Å²) in [7, 11) is 3.98. The minimum atomic E-state index is -0.275. The molecule has 2 aliphatic rings. The lowest BCUT2D eigenvalue weighted by molar-refractivity contribution is 0.148. The Balaban J connectivity index is 1.07. The second kappa shape index (κ2) is 13.9. The number of pyridine rings is 1. The Morgan fingerprint density at radius 2 is 1.66 bits per heavy atom. The molecule has 7 rings (SSSR count). The number of nitrogens with one attached hydrogen (secondary N) is 2. The van der Waals surface area contributed by atoms with Crippen LogP contribution in [0, 0.1) is 0 Å². The number of hydrogen-bond donors (Lipinski definition) is 2. The summed E-state index contributed by atoms with van der Waals surface area (Å²) in [6.45, 7) is 11.2. The third-order valence-corrected chi connectivity index (χ3v) is 10.2. The first-order valence-electron chi connectivity index (χ1n) is 17.0. The molecule has 0 bridgehead atoms. The van der Waals surface area contributed by atoms with E-state index < -0.39 is 0 Å². The summed E-state index contributed by atoms with van der Waals surface area (Å²) >= 11 is 13.8. The summed E-state index contributed by atoms with van der Waals surface area (Å²) in [5.41, 5.74) is 5.21. The number of urea groups is 1.